The highest BCUT2D eigenvalue weighted by atomic mass is 35.5. The number of para-hydroxylation sites is 1. The molecule has 24 heavy (non-hydrogen) atoms. The molecule has 0 atom stereocenters. The highest BCUT2D eigenvalue weighted by Gasteiger charge is 2.13. The van der Waals surface area contributed by atoms with E-state index >= 15 is 0 Å². The topological polar surface area (TPSA) is 55.1 Å². The number of phenols is 1. The fraction of sp³-hybridized carbons (Fsp3) is 0.0526. The molecule has 0 spiro atoms. The second-order valence-corrected chi connectivity index (χ2v) is 5.64. The van der Waals surface area contributed by atoms with Crippen molar-refractivity contribution in [3.05, 3.63) is 82.6 Å². The highest BCUT2D eigenvalue weighted by molar-refractivity contribution is 6.31. The van der Waals surface area contributed by atoms with Crippen LogP contribution in [-0.2, 0) is 0 Å². The molecule has 1 aromatic heterocycles. The van der Waals surface area contributed by atoms with Crippen LogP contribution in [0.5, 0.6) is 5.75 Å². The molecule has 0 amide bonds. The van der Waals surface area contributed by atoms with Gasteiger partial charge in [-0.05, 0) is 43.3 Å². The van der Waals surface area contributed by atoms with Crippen molar-refractivity contribution in [3.63, 3.8) is 0 Å². The number of allylic oxidation sites excluding steroid dienone is 1. The number of aromatic nitrogens is 2. The predicted octanol–water partition coefficient (Wildman–Crippen LogP) is 4.44. The number of carbonyl (C=O) groups is 1. The second-order valence-electron chi connectivity index (χ2n) is 5.29. The average Bonchev–Trinajstić information content (AvgIpc) is 2.88. The van der Waals surface area contributed by atoms with Crippen molar-refractivity contribution in [2.24, 2.45) is 0 Å². The van der Waals surface area contributed by atoms with Gasteiger partial charge in [-0.3, -0.25) is 4.79 Å². The molecule has 0 unspecified atom stereocenters. The van der Waals surface area contributed by atoms with Gasteiger partial charge in [0.15, 0.2) is 5.78 Å². The van der Waals surface area contributed by atoms with Crippen LogP contribution >= 0.6 is 11.6 Å². The van der Waals surface area contributed by atoms with Crippen molar-refractivity contribution in [1.82, 2.24) is 9.78 Å². The van der Waals surface area contributed by atoms with Crippen LogP contribution in [0.1, 0.15) is 21.6 Å². The Labute approximate surface area is 144 Å². The summed E-state index contributed by atoms with van der Waals surface area (Å²) in [5.41, 5.74) is 2.68. The summed E-state index contributed by atoms with van der Waals surface area (Å²) >= 11 is 6.42. The molecule has 1 heterocycles. The Kier molecular flexibility index (Phi) is 4.49. The lowest BCUT2D eigenvalue weighted by Gasteiger charge is -2.02. The van der Waals surface area contributed by atoms with Crippen LogP contribution in [0.2, 0.25) is 5.15 Å². The van der Waals surface area contributed by atoms with Crippen molar-refractivity contribution in [2.45, 2.75) is 6.92 Å². The normalized spacial score (nSPS) is 11.1. The smallest absolute Gasteiger partial charge is 0.185 e. The van der Waals surface area contributed by atoms with E-state index in [1.165, 1.54) is 18.2 Å². The number of hydrogen-bond acceptors (Lipinski definition) is 3. The molecule has 0 radical (unpaired) electrons. The summed E-state index contributed by atoms with van der Waals surface area (Å²) in [5, 5.41) is 14.3. The fourth-order valence-corrected chi connectivity index (χ4v) is 2.69. The molecule has 0 aliphatic heterocycles. The Morgan fingerprint density at radius 3 is 2.62 bits per heavy atom. The SMILES string of the molecule is Cc1nn(-c2ccccc2)c(Cl)c1/C=C/C(=O)c1cccc(O)c1. The van der Waals surface area contributed by atoms with Gasteiger partial charge in [0.1, 0.15) is 10.9 Å². The summed E-state index contributed by atoms with van der Waals surface area (Å²) < 4.78 is 1.63. The molecule has 0 bridgehead atoms. The molecule has 5 heteroatoms. The van der Waals surface area contributed by atoms with E-state index in [2.05, 4.69) is 5.10 Å². The van der Waals surface area contributed by atoms with Crippen LogP contribution in [0.3, 0.4) is 0 Å². The van der Waals surface area contributed by atoms with Crippen LogP contribution < -0.4 is 0 Å². The third-order valence-electron chi connectivity index (χ3n) is 3.58. The number of halogens is 1. The first-order chi connectivity index (χ1) is 11.6. The van der Waals surface area contributed by atoms with Gasteiger partial charge < -0.3 is 5.11 Å². The van der Waals surface area contributed by atoms with Crippen LogP contribution in [0.4, 0.5) is 0 Å². The third kappa shape index (κ3) is 3.24. The first-order valence-corrected chi connectivity index (χ1v) is 7.76. The Morgan fingerprint density at radius 2 is 1.92 bits per heavy atom. The molecule has 1 N–H and O–H groups in total. The number of carbonyl (C=O) groups excluding carboxylic acids is 1. The zero-order chi connectivity index (χ0) is 17.1. The monoisotopic (exact) mass is 338 g/mol. The van der Waals surface area contributed by atoms with Crippen LogP contribution in [0, 0.1) is 6.92 Å². The van der Waals surface area contributed by atoms with Crippen molar-refractivity contribution in [3.8, 4) is 11.4 Å². The molecule has 4 nitrogen and oxygen atoms in total. The van der Waals surface area contributed by atoms with E-state index in [9.17, 15) is 9.90 Å². The molecule has 3 rings (SSSR count). The Bertz CT molecular complexity index is 914. The van der Waals surface area contributed by atoms with E-state index < -0.39 is 0 Å². The van der Waals surface area contributed by atoms with E-state index in [1.54, 1.807) is 22.9 Å². The molecule has 0 saturated heterocycles. The zero-order valence-electron chi connectivity index (χ0n) is 13.0. The Balaban J connectivity index is 1.91. The third-order valence-corrected chi connectivity index (χ3v) is 3.94. The second kappa shape index (κ2) is 6.72. The van der Waals surface area contributed by atoms with E-state index in [1.807, 2.05) is 37.3 Å². The maximum absolute atomic E-state index is 12.2. The standard InChI is InChI=1S/C19H15ClN2O2/c1-13-17(10-11-18(24)14-6-5-9-16(23)12-14)19(20)22(21-13)15-7-3-2-4-8-15/h2-12,23H,1H3/b11-10+. The zero-order valence-corrected chi connectivity index (χ0v) is 13.7. The molecule has 3 aromatic rings. The first kappa shape index (κ1) is 16.0. The van der Waals surface area contributed by atoms with Gasteiger partial charge in [-0.15, -0.1) is 0 Å². The number of benzene rings is 2. The van der Waals surface area contributed by atoms with Gasteiger partial charge in [0.2, 0.25) is 0 Å². The van der Waals surface area contributed by atoms with Crippen molar-refractivity contribution in [1.29, 1.82) is 0 Å². The Hall–Kier alpha value is -2.85. The van der Waals surface area contributed by atoms with E-state index in [-0.39, 0.29) is 11.5 Å². The number of aryl methyl sites for hydroxylation is 1. The molecular weight excluding hydrogens is 324 g/mol. The number of hydrogen-bond donors (Lipinski definition) is 1. The molecule has 0 aliphatic carbocycles. The number of phenolic OH excluding ortho intramolecular Hbond substituents is 1. The molecule has 0 aliphatic rings. The summed E-state index contributed by atoms with van der Waals surface area (Å²) in [5.74, 6) is -0.158. The Morgan fingerprint density at radius 1 is 1.17 bits per heavy atom. The maximum atomic E-state index is 12.2. The molecule has 120 valence electrons. The lowest BCUT2D eigenvalue weighted by molar-refractivity contribution is 0.104. The molecular formula is C19H15ClN2O2. The predicted molar refractivity (Wildman–Crippen MR) is 94.8 cm³/mol. The summed E-state index contributed by atoms with van der Waals surface area (Å²) in [7, 11) is 0. The van der Waals surface area contributed by atoms with Crippen molar-refractivity contribution < 1.29 is 9.90 Å². The van der Waals surface area contributed by atoms with E-state index in [4.69, 9.17) is 11.6 Å². The van der Waals surface area contributed by atoms with Gasteiger partial charge in [0.05, 0.1) is 11.4 Å². The summed E-state index contributed by atoms with van der Waals surface area (Å²) in [4.78, 5) is 12.2. The van der Waals surface area contributed by atoms with Gasteiger partial charge in [0, 0.05) is 11.1 Å². The molecule has 0 fully saturated rings. The number of ketones is 1. The largest absolute Gasteiger partial charge is 0.508 e. The average molecular weight is 339 g/mol. The molecule has 2 aromatic carbocycles. The molecule has 0 saturated carbocycles. The number of nitrogens with zero attached hydrogens (tertiary/aromatic N) is 2. The minimum Gasteiger partial charge on any atom is -0.508 e. The number of rotatable bonds is 4. The lowest BCUT2D eigenvalue weighted by Crippen LogP contribution is -1.95. The summed E-state index contributed by atoms with van der Waals surface area (Å²) in [6, 6.07) is 15.8. The maximum Gasteiger partial charge on any atom is 0.185 e. The van der Waals surface area contributed by atoms with Crippen molar-refractivity contribution in [2.75, 3.05) is 0 Å². The van der Waals surface area contributed by atoms with Crippen LogP contribution in [-0.4, -0.2) is 20.7 Å². The van der Waals surface area contributed by atoms with Gasteiger partial charge in [-0.1, -0.05) is 41.9 Å². The quantitative estimate of drug-likeness (QED) is 0.565. The van der Waals surface area contributed by atoms with Gasteiger partial charge in [0.25, 0.3) is 0 Å². The van der Waals surface area contributed by atoms with Gasteiger partial charge in [-0.25, -0.2) is 4.68 Å². The van der Waals surface area contributed by atoms with Crippen LogP contribution in [0.15, 0.2) is 60.7 Å². The summed E-state index contributed by atoms with van der Waals surface area (Å²) in [6.07, 6.45) is 3.08. The summed E-state index contributed by atoms with van der Waals surface area (Å²) in [6.45, 7) is 1.84. The highest BCUT2D eigenvalue weighted by Crippen LogP contribution is 2.25. The minimum atomic E-state index is -0.214. The van der Waals surface area contributed by atoms with Crippen LogP contribution in [0.25, 0.3) is 11.8 Å². The van der Waals surface area contributed by atoms with Crippen molar-refractivity contribution >= 4 is 23.5 Å². The van der Waals surface area contributed by atoms with Gasteiger partial charge in [-0.2, -0.15) is 5.10 Å². The van der Waals surface area contributed by atoms with Gasteiger partial charge >= 0.3 is 0 Å². The minimum absolute atomic E-state index is 0.0559. The van der Waals surface area contributed by atoms with E-state index in [0.29, 0.717) is 16.3 Å². The lowest BCUT2D eigenvalue weighted by atomic mass is 10.1. The van der Waals surface area contributed by atoms with E-state index in [0.717, 1.165) is 11.4 Å². The first-order valence-electron chi connectivity index (χ1n) is 7.38. The fourth-order valence-electron chi connectivity index (χ4n) is 2.36. The number of aromatic hydroxyl groups is 1.